The van der Waals surface area contributed by atoms with Crippen LogP contribution in [0.2, 0.25) is 0 Å². The Morgan fingerprint density at radius 2 is 1.92 bits per heavy atom. The van der Waals surface area contributed by atoms with Crippen LogP contribution in [-0.2, 0) is 9.53 Å². The Bertz CT molecular complexity index is 145. The topological polar surface area (TPSA) is 107 Å². The molecule has 0 aromatic rings. The minimum absolute atomic E-state index is 0.728. The van der Waals surface area contributed by atoms with Gasteiger partial charge in [0.05, 0.1) is 6.61 Å². The molecule has 3 atom stereocenters. The second-order valence-corrected chi connectivity index (χ2v) is 2.25. The zero-order valence-electron chi connectivity index (χ0n) is 6.54. The molecule has 12 heavy (non-hydrogen) atoms. The second kappa shape index (κ2) is 5.04. The van der Waals surface area contributed by atoms with E-state index in [2.05, 4.69) is 4.74 Å². The third-order valence-corrected chi connectivity index (χ3v) is 1.09. The monoisotopic (exact) mass is 180 g/mol. The summed E-state index contributed by atoms with van der Waals surface area (Å²) in [6.07, 6.45) is -4.73. The Morgan fingerprint density at radius 3 is 2.25 bits per heavy atom. The first-order valence-corrected chi connectivity index (χ1v) is 3.34. The number of aliphatic hydroxyl groups is 4. The van der Waals surface area contributed by atoms with Crippen LogP contribution in [0, 0.1) is 0 Å². The molecule has 6 nitrogen and oxygen atoms in total. The van der Waals surface area contributed by atoms with Gasteiger partial charge >= 0.3 is 5.97 Å². The van der Waals surface area contributed by atoms with Crippen molar-refractivity contribution in [2.24, 2.45) is 0 Å². The molecule has 72 valence electrons. The maximum absolute atomic E-state index is 10.5. The van der Waals surface area contributed by atoms with E-state index in [1.54, 1.807) is 0 Å². The molecule has 0 saturated carbocycles. The number of rotatable bonds is 4. The van der Waals surface area contributed by atoms with Gasteiger partial charge in [-0.05, 0) is 6.92 Å². The molecule has 0 fully saturated rings. The van der Waals surface area contributed by atoms with Crippen LogP contribution in [0.3, 0.4) is 0 Å². The van der Waals surface area contributed by atoms with Gasteiger partial charge in [0.15, 0.2) is 0 Å². The minimum atomic E-state index is -1.81. The number of carbonyl (C=O) groups is 1. The van der Waals surface area contributed by atoms with Crippen LogP contribution in [-0.4, -0.2) is 51.5 Å². The summed E-state index contributed by atoms with van der Waals surface area (Å²) in [5, 5.41) is 34.4. The molecule has 4 N–H and O–H groups in total. The van der Waals surface area contributed by atoms with Crippen molar-refractivity contribution in [3.05, 3.63) is 0 Å². The largest absolute Gasteiger partial charge is 0.431 e. The average Bonchev–Trinajstić information content (AvgIpc) is 2.02. The van der Waals surface area contributed by atoms with Crippen LogP contribution >= 0.6 is 0 Å². The first kappa shape index (κ1) is 11.3. The van der Waals surface area contributed by atoms with Crippen molar-refractivity contribution >= 4 is 5.97 Å². The molecule has 0 aliphatic heterocycles. The molecule has 0 aromatic heterocycles. The van der Waals surface area contributed by atoms with Gasteiger partial charge in [-0.2, -0.15) is 0 Å². The van der Waals surface area contributed by atoms with Crippen molar-refractivity contribution in [1.29, 1.82) is 0 Å². The quantitative estimate of drug-likeness (QED) is 0.283. The first-order chi connectivity index (χ1) is 5.49. The van der Waals surface area contributed by atoms with E-state index in [9.17, 15) is 4.79 Å². The Kier molecular flexibility index (Phi) is 4.75. The highest BCUT2D eigenvalue weighted by molar-refractivity contribution is 5.73. The maximum atomic E-state index is 10.5. The Morgan fingerprint density at radius 1 is 1.42 bits per heavy atom. The van der Waals surface area contributed by atoms with Gasteiger partial charge < -0.3 is 25.2 Å². The predicted octanol–water partition coefficient (Wildman–Crippen LogP) is -2.42. The van der Waals surface area contributed by atoms with Crippen molar-refractivity contribution in [2.75, 3.05) is 6.61 Å². The predicted molar refractivity (Wildman–Crippen MR) is 36.9 cm³/mol. The molecule has 0 bridgehead atoms. The summed E-state index contributed by atoms with van der Waals surface area (Å²) >= 11 is 0. The molecule has 0 heterocycles. The molecule has 0 aliphatic carbocycles. The van der Waals surface area contributed by atoms with Crippen LogP contribution in [0.15, 0.2) is 0 Å². The van der Waals surface area contributed by atoms with E-state index < -0.39 is 31.1 Å². The third-order valence-electron chi connectivity index (χ3n) is 1.09. The summed E-state index contributed by atoms with van der Waals surface area (Å²) in [7, 11) is 0. The number of hydrogen-bond donors (Lipinski definition) is 4. The van der Waals surface area contributed by atoms with Gasteiger partial charge in [0, 0.05) is 0 Å². The van der Waals surface area contributed by atoms with Crippen LogP contribution in [0.4, 0.5) is 0 Å². The van der Waals surface area contributed by atoms with E-state index >= 15 is 0 Å². The second-order valence-electron chi connectivity index (χ2n) is 2.25. The highest BCUT2D eigenvalue weighted by atomic mass is 16.7. The Labute approximate surface area is 69.0 Å². The lowest BCUT2D eigenvalue weighted by molar-refractivity contribution is -0.197. The summed E-state index contributed by atoms with van der Waals surface area (Å²) in [5.74, 6) is -1.06. The lowest BCUT2D eigenvalue weighted by Crippen LogP contribution is -2.36. The molecular weight excluding hydrogens is 168 g/mol. The van der Waals surface area contributed by atoms with Crippen molar-refractivity contribution < 1.29 is 30.0 Å². The van der Waals surface area contributed by atoms with Crippen LogP contribution in [0.1, 0.15) is 6.92 Å². The number of carbonyl (C=O) groups excluding carboxylic acids is 1. The average molecular weight is 180 g/mol. The maximum Gasteiger partial charge on any atom is 0.337 e. The normalized spacial score (nSPS) is 18.1. The highest BCUT2D eigenvalue weighted by Gasteiger charge is 2.21. The number of ether oxygens (including phenoxy) is 1. The van der Waals surface area contributed by atoms with Crippen LogP contribution in [0.5, 0.6) is 0 Å². The van der Waals surface area contributed by atoms with E-state index in [4.69, 9.17) is 20.4 Å². The molecule has 0 saturated heterocycles. The number of aliphatic hydroxyl groups excluding tert-OH is 4. The first-order valence-electron chi connectivity index (χ1n) is 3.34. The Hall–Kier alpha value is -0.690. The van der Waals surface area contributed by atoms with Gasteiger partial charge in [-0.1, -0.05) is 0 Å². The summed E-state index contributed by atoms with van der Waals surface area (Å²) in [5.41, 5.74) is 0. The van der Waals surface area contributed by atoms with E-state index in [0.29, 0.717) is 0 Å². The Balaban J connectivity index is 3.83. The molecule has 0 radical (unpaired) electrons. The third kappa shape index (κ3) is 3.63. The van der Waals surface area contributed by atoms with Crippen LogP contribution in [0.25, 0.3) is 0 Å². The standard InChI is InChI=1S/C6H12O6/c1-3(8)5(10)12-6(11)4(9)2-7/h3-4,6-9,11H,2H2,1H3. The molecule has 3 unspecified atom stereocenters. The molecule has 0 amide bonds. The zero-order chi connectivity index (χ0) is 9.72. The van der Waals surface area contributed by atoms with Gasteiger partial charge in [-0.15, -0.1) is 0 Å². The minimum Gasteiger partial charge on any atom is -0.431 e. The van der Waals surface area contributed by atoms with Gasteiger partial charge in [-0.25, -0.2) is 4.79 Å². The molecule has 0 aliphatic rings. The lowest BCUT2D eigenvalue weighted by Gasteiger charge is -2.16. The van der Waals surface area contributed by atoms with E-state index in [1.165, 1.54) is 0 Å². The summed E-state index contributed by atoms with van der Waals surface area (Å²) in [6.45, 7) is 0.425. The van der Waals surface area contributed by atoms with E-state index in [0.717, 1.165) is 6.92 Å². The summed E-state index contributed by atoms with van der Waals surface area (Å²) in [6, 6.07) is 0. The van der Waals surface area contributed by atoms with Crippen LogP contribution < -0.4 is 0 Å². The molecule has 0 spiro atoms. The van der Waals surface area contributed by atoms with Crippen molar-refractivity contribution in [3.8, 4) is 0 Å². The van der Waals surface area contributed by atoms with Crippen molar-refractivity contribution in [3.63, 3.8) is 0 Å². The summed E-state index contributed by atoms with van der Waals surface area (Å²) in [4.78, 5) is 10.5. The van der Waals surface area contributed by atoms with Crippen molar-refractivity contribution in [1.82, 2.24) is 0 Å². The molecule has 0 rings (SSSR count). The van der Waals surface area contributed by atoms with Gasteiger partial charge in [0.25, 0.3) is 0 Å². The van der Waals surface area contributed by atoms with Crippen molar-refractivity contribution in [2.45, 2.75) is 25.4 Å². The smallest absolute Gasteiger partial charge is 0.337 e. The fourth-order valence-corrected chi connectivity index (χ4v) is 0.386. The highest BCUT2D eigenvalue weighted by Crippen LogP contribution is 1.97. The van der Waals surface area contributed by atoms with Gasteiger partial charge in [0.2, 0.25) is 6.29 Å². The van der Waals surface area contributed by atoms with Gasteiger partial charge in [0.1, 0.15) is 12.2 Å². The summed E-state index contributed by atoms with van der Waals surface area (Å²) < 4.78 is 4.12. The molecule has 6 heteroatoms. The van der Waals surface area contributed by atoms with E-state index in [1.807, 2.05) is 0 Å². The fourth-order valence-electron chi connectivity index (χ4n) is 0.386. The lowest BCUT2D eigenvalue weighted by atomic mass is 10.3. The fraction of sp³-hybridized carbons (Fsp3) is 0.833. The number of hydrogen-bond acceptors (Lipinski definition) is 6. The number of esters is 1. The van der Waals surface area contributed by atoms with E-state index in [-0.39, 0.29) is 0 Å². The zero-order valence-corrected chi connectivity index (χ0v) is 6.54. The SMILES string of the molecule is CC(O)C(=O)OC(O)C(O)CO. The molecular formula is C6H12O6. The van der Waals surface area contributed by atoms with Gasteiger partial charge in [-0.3, -0.25) is 0 Å². The molecule has 0 aromatic carbocycles.